The first-order chi connectivity index (χ1) is 11.6. The molecule has 0 bridgehead atoms. The number of carbonyl (C=O) groups is 1. The zero-order valence-corrected chi connectivity index (χ0v) is 14.3. The lowest BCUT2D eigenvalue weighted by Crippen LogP contribution is -2.40. The van der Waals surface area contributed by atoms with Gasteiger partial charge in [0.1, 0.15) is 10.5 Å². The molecule has 1 fully saturated rings. The van der Waals surface area contributed by atoms with Gasteiger partial charge in [0, 0.05) is 12.2 Å². The number of amides is 1. The van der Waals surface area contributed by atoms with Gasteiger partial charge >= 0.3 is 0 Å². The molecule has 1 amide bonds. The lowest BCUT2D eigenvalue weighted by atomic mass is 9.86. The molecule has 1 aliphatic carbocycles. The zero-order valence-electron chi connectivity index (χ0n) is 13.5. The molecule has 2 atom stereocenters. The zero-order chi connectivity index (χ0) is 16.7. The van der Waals surface area contributed by atoms with Crippen molar-refractivity contribution in [2.24, 2.45) is 5.92 Å². The fourth-order valence-electron chi connectivity index (χ4n) is 3.43. The van der Waals surface area contributed by atoms with Crippen molar-refractivity contribution in [3.05, 3.63) is 45.7 Å². The summed E-state index contributed by atoms with van der Waals surface area (Å²) in [5.74, 6) is 0.411. The first-order valence-corrected chi connectivity index (χ1v) is 9.17. The van der Waals surface area contributed by atoms with Gasteiger partial charge in [-0.15, -0.1) is 11.3 Å². The first kappa shape index (κ1) is 15.3. The molecular weight excluding hydrogens is 322 g/mol. The summed E-state index contributed by atoms with van der Waals surface area (Å²) in [7, 11) is 0. The maximum absolute atomic E-state index is 12.6. The second-order valence-electron chi connectivity index (χ2n) is 6.52. The molecule has 5 nitrogen and oxygen atoms in total. The van der Waals surface area contributed by atoms with Crippen molar-refractivity contribution in [3.63, 3.8) is 0 Å². The lowest BCUT2D eigenvalue weighted by Gasteiger charge is -2.29. The topological polar surface area (TPSA) is 63.5 Å². The third kappa shape index (κ3) is 2.60. The highest BCUT2D eigenvalue weighted by Crippen LogP contribution is 2.26. The van der Waals surface area contributed by atoms with Crippen LogP contribution in [0.2, 0.25) is 0 Å². The third-order valence-electron chi connectivity index (χ3n) is 4.87. The smallest absolute Gasteiger partial charge is 0.266 e. The van der Waals surface area contributed by atoms with Gasteiger partial charge < -0.3 is 5.32 Å². The van der Waals surface area contributed by atoms with Gasteiger partial charge in [0.15, 0.2) is 0 Å². The van der Waals surface area contributed by atoms with Crippen molar-refractivity contribution in [2.45, 2.75) is 38.6 Å². The van der Waals surface area contributed by atoms with Gasteiger partial charge in [-0.3, -0.25) is 14.0 Å². The largest absolute Gasteiger partial charge is 0.348 e. The van der Waals surface area contributed by atoms with E-state index >= 15 is 0 Å². The van der Waals surface area contributed by atoms with E-state index in [-0.39, 0.29) is 17.5 Å². The van der Waals surface area contributed by atoms with Crippen molar-refractivity contribution < 1.29 is 4.79 Å². The standard InChI is InChI=1S/C18H19N3O2S/c1-11-6-2-3-7-13(11)19-16(22)14-10-12-17(24-14)20-15-8-4-5-9-21(15)18(12)23/h4-5,8-11,13H,2-3,6-7H2,1H3,(H,19,22)/t11-,13+/m0/s1. The van der Waals surface area contributed by atoms with E-state index in [1.54, 1.807) is 24.4 Å². The number of hydrogen-bond donors (Lipinski definition) is 1. The van der Waals surface area contributed by atoms with Crippen LogP contribution in [0.1, 0.15) is 42.3 Å². The third-order valence-corrected chi connectivity index (χ3v) is 5.90. The van der Waals surface area contributed by atoms with Crippen LogP contribution in [0.5, 0.6) is 0 Å². The molecule has 0 radical (unpaired) electrons. The molecule has 0 saturated heterocycles. The molecule has 6 heteroatoms. The van der Waals surface area contributed by atoms with Crippen LogP contribution < -0.4 is 10.9 Å². The second-order valence-corrected chi connectivity index (χ2v) is 7.55. The predicted octanol–water partition coefficient (Wildman–Crippen LogP) is 3.22. The van der Waals surface area contributed by atoms with Crippen LogP contribution in [-0.4, -0.2) is 21.3 Å². The Labute approximate surface area is 143 Å². The quantitative estimate of drug-likeness (QED) is 0.778. The van der Waals surface area contributed by atoms with Crippen LogP contribution in [0.25, 0.3) is 15.9 Å². The molecule has 124 valence electrons. The Bertz CT molecular complexity index is 975. The summed E-state index contributed by atoms with van der Waals surface area (Å²) in [6.45, 7) is 2.19. The molecule has 0 aromatic carbocycles. The molecule has 4 rings (SSSR count). The highest BCUT2D eigenvalue weighted by Gasteiger charge is 2.24. The predicted molar refractivity (Wildman–Crippen MR) is 95.7 cm³/mol. The number of rotatable bonds is 2. The molecular formula is C18H19N3O2S. The van der Waals surface area contributed by atoms with Crippen molar-refractivity contribution in [1.29, 1.82) is 0 Å². The molecule has 3 aromatic rings. The molecule has 1 N–H and O–H groups in total. The Morgan fingerprint density at radius 1 is 1.33 bits per heavy atom. The van der Waals surface area contributed by atoms with Gasteiger partial charge in [-0.2, -0.15) is 0 Å². The molecule has 1 saturated carbocycles. The Hall–Kier alpha value is -2.21. The van der Waals surface area contributed by atoms with Crippen molar-refractivity contribution in [2.75, 3.05) is 0 Å². The van der Waals surface area contributed by atoms with Crippen molar-refractivity contribution in [3.8, 4) is 0 Å². The van der Waals surface area contributed by atoms with Crippen LogP contribution in [0.4, 0.5) is 0 Å². The molecule has 0 aliphatic heterocycles. The Balaban J connectivity index is 1.69. The monoisotopic (exact) mass is 341 g/mol. The molecule has 3 aromatic heterocycles. The Morgan fingerprint density at radius 3 is 3.00 bits per heavy atom. The molecule has 3 heterocycles. The number of thiophene rings is 1. The summed E-state index contributed by atoms with van der Waals surface area (Å²) in [5, 5.41) is 3.65. The van der Waals surface area contributed by atoms with E-state index in [1.807, 2.05) is 6.07 Å². The number of nitrogens with one attached hydrogen (secondary N) is 1. The number of hydrogen-bond acceptors (Lipinski definition) is 4. The van der Waals surface area contributed by atoms with Gasteiger partial charge in [0.25, 0.3) is 11.5 Å². The lowest BCUT2D eigenvalue weighted by molar-refractivity contribution is 0.0914. The maximum atomic E-state index is 12.6. The Kier molecular flexibility index (Phi) is 3.84. The average Bonchev–Trinajstić information content (AvgIpc) is 3.02. The molecule has 24 heavy (non-hydrogen) atoms. The highest BCUT2D eigenvalue weighted by atomic mass is 32.1. The number of pyridine rings is 1. The van der Waals surface area contributed by atoms with Gasteiger partial charge in [-0.25, -0.2) is 4.98 Å². The van der Waals surface area contributed by atoms with Gasteiger partial charge in [0.2, 0.25) is 0 Å². The molecule has 0 spiro atoms. The van der Waals surface area contributed by atoms with E-state index in [0.717, 1.165) is 19.3 Å². The summed E-state index contributed by atoms with van der Waals surface area (Å²) in [5.41, 5.74) is 0.474. The van der Waals surface area contributed by atoms with Crippen LogP contribution in [-0.2, 0) is 0 Å². The van der Waals surface area contributed by atoms with Gasteiger partial charge in [0.05, 0.1) is 10.3 Å². The van der Waals surface area contributed by atoms with Crippen LogP contribution in [0, 0.1) is 5.92 Å². The number of carbonyl (C=O) groups excluding carboxylic acids is 1. The van der Waals surface area contributed by atoms with Crippen LogP contribution in [0.3, 0.4) is 0 Å². The van der Waals surface area contributed by atoms with Crippen LogP contribution in [0.15, 0.2) is 35.3 Å². The number of fused-ring (bicyclic) bond motifs is 2. The minimum absolute atomic E-state index is 0.0924. The van der Waals surface area contributed by atoms with E-state index in [4.69, 9.17) is 0 Å². The summed E-state index contributed by atoms with van der Waals surface area (Å²) >= 11 is 1.29. The SMILES string of the molecule is C[C@H]1CCCC[C@H]1NC(=O)c1cc2c(=O)n3ccccc3nc2s1. The van der Waals surface area contributed by atoms with E-state index in [9.17, 15) is 9.59 Å². The van der Waals surface area contributed by atoms with E-state index in [0.29, 0.717) is 26.7 Å². The second kappa shape index (κ2) is 6.02. The normalized spacial score (nSPS) is 21.2. The molecule has 0 unspecified atom stereocenters. The summed E-state index contributed by atoms with van der Waals surface area (Å²) in [4.78, 5) is 30.8. The summed E-state index contributed by atoms with van der Waals surface area (Å²) in [6.07, 6.45) is 6.29. The van der Waals surface area contributed by atoms with Gasteiger partial charge in [-0.1, -0.05) is 25.8 Å². The van der Waals surface area contributed by atoms with Crippen LogP contribution >= 0.6 is 11.3 Å². The van der Waals surface area contributed by atoms with E-state index in [2.05, 4.69) is 17.2 Å². The Morgan fingerprint density at radius 2 is 2.17 bits per heavy atom. The molecule has 1 aliphatic rings. The summed E-state index contributed by atoms with van der Waals surface area (Å²) < 4.78 is 1.51. The minimum Gasteiger partial charge on any atom is -0.348 e. The fourth-order valence-corrected chi connectivity index (χ4v) is 4.36. The number of aromatic nitrogens is 2. The highest BCUT2D eigenvalue weighted by molar-refractivity contribution is 7.20. The minimum atomic E-state index is -0.128. The van der Waals surface area contributed by atoms with Crippen molar-refractivity contribution >= 4 is 33.1 Å². The van der Waals surface area contributed by atoms with Gasteiger partial charge in [-0.05, 0) is 37.0 Å². The average molecular weight is 341 g/mol. The summed E-state index contributed by atoms with van der Waals surface area (Å²) in [6, 6.07) is 7.34. The number of nitrogens with zero attached hydrogens (tertiary/aromatic N) is 2. The van der Waals surface area contributed by atoms with Crippen molar-refractivity contribution in [1.82, 2.24) is 14.7 Å². The van der Waals surface area contributed by atoms with E-state index < -0.39 is 0 Å². The van der Waals surface area contributed by atoms with E-state index in [1.165, 1.54) is 22.2 Å². The first-order valence-electron chi connectivity index (χ1n) is 8.35. The maximum Gasteiger partial charge on any atom is 0.266 e. The fraction of sp³-hybridized carbons (Fsp3) is 0.389.